The van der Waals surface area contributed by atoms with Crippen LogP contribution in [0.5, 0.6) is 11.5 Å². The average Bonchev–Trinajstić information content (AvgIpc) is 2.67. The Morgan fingerprint density at radius 2 is 1.78 bits per heavy atom. The zero-order valence-corrected chi connectivity index (χ0v) is 15.9. The van der Waals surface area contributed by atoms with Crippen molar-refractivity contribution < 1.29 is 28.6 Å². The predicted octanol–water partition coefficient (Wildman–Crippen LogP) is 2.41. The molecule has 0 bridgehead atoms. The fourth-order valence-electron chi connectivity index (χ4n) is 2.93. The minimum atomic E-state index is -1.15. The second kappa shape index (κ2) is 9.80. The number of urea groups is 1. The summed E-state index contributed by atoms with van der Waals surface area (Å²) in [7, 11) is 2.89. The van der Waals surface area contributed by atoms with Gasteiger partial charge in [0.15, 0.2) is 6.10 Å². The number of esters is 1. The molecule has 8 heteroatoms. The molecule has 0 aliphatic heterocycles. The second-order valence-corrected chi connectivity index (χ2v) is 6.41. The van der Waals surface area contributed by atoms with Crippen molar-refractivity contribution in [3.8, 4) is 11.5 Å². The van der Waals surface area contributed by atoms with E-state index in [2.05, 4.69) is 10.6 Å². The highest BCUT2D eigenvalue weighted by molar-refractivity contribution is 5.99. The lowest BCUT2D eigenvalue weighted by molar-refractivity contribution is -0.127. The van der Waals surface area contributed by atoms with Crippen molar-refractivity contribution in [1.82, 2.24) is 10.6 Å². The molecular formula is C19H26N2O6. The molecule has 27 heavy (non-hydrogen) atoms. The van der Waals surface area contributed by atoms with Gasteiger partial charge in [-0.15, -0.1) is 0 Å². The lowest BCUT2D eigenvalue weighted by Crippen LogP contribution is -2.48. The van der Waals surface area contributed by atoms with E-state index in [1.165, 1.54) is 33.6 Å². The third kappa shape index (κ3) is 5.87. The monoisotopic (exact) mass is 378 g/mol. The Morgan fingerprint density at radius 3 is 2.41 bits per heavy atom. The minimum absolute atomic E-state index is 0.0745. The molecule has 2 rings (SSSR count). The molecule has 2 N–H and O–H groups in total. The Kier molecular flexibility index (Phi) is 7.45. The van der Waals surface area contributed by atoms with Gasteiger partial charge in [-0.05, 0) is 38.0 Å². The Hall–Kier alpha value is -2.77. The molecule has 1 fully saturated rings. The molecule has 8 nitrogen and oxygen atoms in total. The van der Waals surface area contributed by atoms with Gasteiger partial charge in [0.25, 0.3) is 5.91 Å². The first-order chi connectivity index (χ1) is 12.9. The van der Waals surface area contributed by atoms with Gasteiger partial charge in [-0.3, -0.25) is 10.1 Å². The fourth-order valence-corrected chi connectivity index (χ4v) is 2.93. The summed E-state index contributed by atoms with van der Waals surface area (Å²) >= 11 is 0. The van der Waals surface area contributed by atoms with Crippen LogP contribution in [0.3, 0.4) is 0 Å². The van der Waals surface area contributed by atoms with Crippen molar-refractivity contribution in [2.45, 2.75) is 51.2 Å². The van der Waals surface area contributed by atoms with E-state index >= 15 is 0 Å². The maximum Gasteiger partial charge on any atom is 0.342 e. The lowest BCUT2D eigenvalue weighted by atomic mass is 9.96. The number of imide groups is 1. The molecule has 1 aliphatic carbocycles. The topological polar surface area (TPSA) is 103 Å². The Labute approximate surface area is 158 Å². The zero-order valence-electron chi connectivity index (χ0n) is 15.9. The van der Waals surface area contributed by atoms with Crippen LogP contribution in [-0.4, -0.2) is 44.3 Å². The number of methoxy groups -OCH3 is 2. The quantitative estimate of drug-likeness (QED) is 0.737. The molecule has 0 unspecified atom stereocenters. The molecule has 1 aromatic carbocycles. The molecule has 1 atom stereocenters. The number of ether oxygens (including phenoxy) is 3. The van der Waals surface area contributed by atoms with Gasteiger partial charge in [-0.2, -0.15) is 0 Å². The van der Waals surface area contributed by atoms with Crippen molar-refractivity contribution in [3.05, 3.63) is 23.8 Å². The van der Waals surface area contributed by atoms with Crippen molar-refractivity contribution in [1.29, 1.82) is 0 Å². The van der Waals surface area contributed by atoms with E-state index < -0.39 is 24.0 Å². The minimum Gasteiger partial charge on any atom is -0.497 e. The van der Waals surface area contributed by atoms with E-state index in [1.807, 2.05) is 0 Å². The maximum atomic E-state index is 12.4. The number of carbonyl (C=O) groups excluding carboxylic acids is 3. The van der Waals surface area contributed by atoms with E-state index in [9.17, 15) is 14.4 Å². The predicted molar refractivity (Wildman–Crippen MR) is 98.0 cm³/mol. The summed E-state index contributed by atoms with van der Waals surface area (Å²) in [6.07, 6.45) is 3.96. The summed E-state index contributed by atoms with van der Waals surface area (Å²) in [5.41, 5.74) is 0.128. The van der Waals surface area contributed by atoms with Crippen LogP contribution in [0.2, 0.25) is 0 Å². The fraction of sp³-hybridized carbons (Fsp3) is 0.526. The summed E-state index contributed by atoms with van der Waals surface area (Å²) < 4.78 is 15.4. The van der Waals surface area contributed by atoms with Crippen molar-refractivity contribution in [2.75, 3.05) is 14.2 Å². The normalized spacial score (nSPS) is 15.4. The largest absolute Gasteiger partial charge is 0.497 e. The number of carbonyl (C=O) groups is 3. The highest BCUT2D eigenvalue weighted by atomic mass is 16.5. The molecule has 0 heterocycles. The van der Waals surface area contributed by atoms with Crippen molar-refractivity contribution in [3.63, 3.8) is 0 Å². The first-order valence-corrected chi connectivity index (χ1v) is 8.99. The number of rotatable bonds is 6. The molecule has 0 saturated heterocycles. The zero-order chi connectivity index (χ0) is 19.8. The summed E-state index contributed by atoms with van der Waals surface area (Å²) in [5, 5.41) is 4.99. The molecular weight excluding hydrogens is 352 g/mol. The molecule has 0 aromatic heterocycles. The smallest absolute Gasteiger partial charge is 0.342 e. The first-order valence-electron chi connectivity index (χ1n) is 8.99. The Balaban J connectivity index is 1.91. The van der Waals surface area contributed by atoms with Crippen LogP contribution in [-0.2, 0) is 9.53 Å². The van der Waals surface area contributed by atoms with E-state index in [0.717, 1.165) is 25.7 Å². The van der Waals surface area contributed by atoms with Crippen LogP contribution in [0.1, 0.15) is 49.4 Å². The molecule has 1 saturated carbocycles. The number of nitrogens with one attached hydrogen (secondary N) is 2. The van der Waals surface area contributed by atoms with Gasteiger partial charge < -0.3 is 19.5 Å². The number of benzene rings is 1. The van der Waals surface area contributed by atoms with Gasteiger partial charge in [0, 0.05) is 6.04 Å². The number of hydrogen-bond donors (Lipinski definition) is 2. The summed E-state index contributed by atoms with van der Waals surface area (Å²) in [4.78, 5) is 36.5. The van der Waals surface area contributed by atoms with E-state index in [1.54, 1.807) is 12.1 Å². The summed E-state index contributed by atoms with van der Waals surface area (Å²) in [6, 6.07) is 4.17. The van der Waals surface area contributed by atoms with Gasteiger partial charge >= 0.3 is 12.0 Å². The Morgan fingerprint density at radius 1 is 1.07 bits per heavy atom. The SMILES string of the molecule is COc1ccc(OC)c(C(=O)O[C@H](C)C(=O)NC(=O)NC2CCCCC2)c1. The van der Waals surface area contributed by atoms with Gasteiger partial charge in [-0.1, -0.05) is 19.3 Å². The molecule has 1 aliphatic rings. The first kappa shape index (κ1) is 20.5. The van der Waals surface area contributed by atoms with Crippen LogP contribution >= 0.6 is 0 Å². The van der Waals surface area contributed by atoms with Crippen LogP contribution in [0.4, 0.5) is 4.79 Å². The van der Waals surface area contributed by atoms with Crippen LogP contribution in [0.15, 0.2) is 18.2 Å². The average molecular weight is 378 g/mol. The van der Waals surface area contributed by atoms with Gasteiger partial charge in [-0.25, -0.2) is 9.59 Å². The van der Waals surface area contributed by atoms with Gasteiger partial charge in [0.2, 0.25) is 0 Å². The highest BCUT2D eigenvalue weighted by Gasteiger charge is 2.24. The molecule has 148 valence electrons. The van der Waals surface area contributed by atoms with Crippen LogP contribution in [0.25, 0.3) is 0 Å². The number of amides is 3. The highest BCUT2D eigenvalue weighted by Crippen LogP contribution is 2.25. The van der Waals surface area contributed by atoms with Crippen molar-refractivity contribution in [2.24, 2.45) is 0 Å². The van der Waals surface area contributed by atoms with Gasteiger partial charge in [0.05, 0.1) is 14.2 Å². The van der Waals surface area contributed by atoms with Crippen LogP contribution < -0.4 is 20.1 Å². The second-order valence-electron chi connectivity index (χ2n) is 6.41. The number of hydrogen-bond acceptors (Lipinski definition) is 6. The molecule has 0 spiro atoms. The lowest BCUT2D eigenvalue weighted by Gasteiger charge is -2.23. The van der Waals surface area contributed by atoms with E-state index in [-0.39, 0.29) is 11.6 Å². The van der Waals surface area contributed by atoms with Crippen molar-refractivity contribution >= 4 is 17.9 Å². The molecule has 3 amide bonds. The third-order valence-electron chi connectivity index (χ3n) is 4.46. The molecule has 0 radical (unpaired) electrons. The maximum absolute atomic E-state index is 12.4. The van der Waals surface area contributed by atoms with E-state index in [0.29, 0.717) is 11.5 Å². The summed E-state index contributed by atoms with van der Waals surface area (Å²) in [5.74, 6) is -0.699. The third-order valence-corrected chi connectivity index (χ3v) is 4.46. The molecule has 1 aromatic rings. The van der Waals surface area contributed by atoms with Gasteiger partial charge in [0.1, 0.15) is 17.1 Å². The van der Waals surface area contributed by atoms with Crippen LogP contribution in [0, 0.1) is 0 Å². The Bertz CT molecular complexity index is 685. The summed E-state index contributed by atoms with van der Waals surface area (Å²) in [6.45, 7) is 1.40. The van der Waals surface area contributed by atoms with E-state index in [4.69, 9.17) is 14.2 Å². The standard InChI is InChI=1S/C19H26N2O6/c1-12(17(22)21-19(24)20-13-7-5-4-6-8-13)27-18(23)15-11-14(25-2)9-10-16(15)26-3/h9-13H,4-8H2,1-3H3,(H2,20,21,22,24)/t12-/m1/s1.